The second-order valence-corrected chi connectivity index (χ2v) is 6.91. The van der Waals surface area contributed by atoms with Crippen molar-refractivity contribution in [2.45, 2.75) is 17.8 Å². The van der Waals surface area contributed by atoms with E-state index in [4.69, 9.17) is 5.84 Å². The molecule has 0 atom stereocenters. The number of hydrogen-bond acceptors (Lipinski definition) is 5. The second-order valence-electron chi connectivity index (χ2n) is 5.97. The standard InChI is InChI=1S/C19H16N6S/c1-13-5-7-14(8-6-13)18-22-23-19(25(18)21)26-12-15-11-24-9-3-2-4-17(24)16(15)10-20/h2-9,11H,12,21H2,1H3. The minimum atomic E-state index is 0.591. The fraction of sp³-hybridized carbons (Fsp3) is 0.105. The van der Waals surface area contributed by atoms with Gasteiger partial charge in [0.15, 0.2) is 5.82 Å². The van der Waals surface area contributed by atoms with E-state index in [9.17, 15) is 5.26 Å². The monoisotopic (exact) mass is 360 g/mol. The number of thioether (sulfide) groups is 1. The molecule has 1 aromatic carbocycles. The molecule has 0 radical (unpaired) electrons. The average molecular weight is 360 g/mol. The highest BCUT2D eigenvalue weighted by Crippen LogP contribution is 2.27. The fourth-order valence-corrected chi connectivity index (χ4v) is 3.66. The quantitative estimate of drug-likeness (QED) is 0.445. The number of aryl methyl sites for hydroxylation is 1. The molecular formula is C19H16N6S. The number of nitrogen functional groups attached to an aromatic ring is 1. The van der Waals surface area contributed by atoms with Crippen LogP contribution in [0.3, 0.4) is 0 Å². The van der Waals surface area contributed by atoms with Gasteiger partial charge in [0.1, 0.15) is 6.07 Å². The number of benzene rings is 1. The fourth-order valence-electron chi connectivity index (χ4n) is 2.83. The van der Waals surface area contributed by atoms with E-state index >= 15 is 0 Å². The van der Waals surface area contributed by atoms with Crippen molar-refractivity contribution in [2.75, 3.05) is 5.84 Å². The van der Waals surface area contributed by atoms with Gasteiger partial charge in [-0.25, -0.2) is 4.68 Å². The predicted octanol–water partition coefficient (Wildman–Crippen LogP) is 3.38. The molecule has 0 aliphatic rings. The van der Waals surface area contributed by atoms with Crippen LogP contribution in [0.15, 0.2) is 60.0 Å². The van der Waals surface area contributed by atoms with Gasteiger partial charge in [-0.05, 0) is 24.6 Å². The lowest BCUT2D eigenvalue weighted by Gasteiger charge is -2.04. The SMILES string of the molecule is Cc1ccc(-c2nnc(SCc3cn4ccccc4c3C#N)n2N)cc1. The zero-order chi connectivity index (χ0) is 18.1. The van der Waals surface area contributed by atoms with Crippen LogP contribution in [-0.4, -0.2) is 19.3 Å². The highest BCUT2D eigenvalue weighted by molar-refractivity contribution is 7.98. The molecule has 7 heteroatoms. The average Bonchev–Trinajstić information content (AvgIpc) is 3.20. The van der Waals surface area contributed by atoms with Crippen molar-refractivity contribution in [3.63, 3.8) is 0 Å². The zero-order valence-electron chi connectivity index (χ0n) is 14.1. The van der Waals surface area contributed by atoms with E-state index < -0.39 is 0 Å². The maximum Gasteiger partial charge on any atom is 0.210 e. The molecule has 26 heavy (non-hydrogen) atoms. The first-order valence-corrected chi connectivity index (χ1v) is 9.05. The van der Waals surface area contributed by atoms with Gasteiger partial charge in [-0.2, -0.15) is 5.26 Å². The molecular weight excluding hydrogens is 344 g/mol. The summed E-state index contributed by atoms with van der Waals surface area (Å²) in [5, 5.41) is 18.5. The summed E-state index contributed by atoms with van der Waals surface area (Å²) in [7, 11) is 0. The number of aromatic nitrogens is 4. The van der Waals surface area contributed by atoms with Crippen LogP contribution in [0.5, 0.6) is 0 Å². The van der Waals surface area contributed by atoms with E-state index in [1.54, 1.807) is 0 Å². The Balaban J connectivity index is 1.60. The Morgan fingerprint density at radius 2 is 1.96 bits per heavy atom. The van der Waals surface area contributed by atoms with Crippen molar-refractivity contribution >= 4 is 17.3 Å². The topological polar surface area (TPSA) is 84.9 Å². The molecule has 0 bridgehead atoms. The number of hydrogen-bond donors (Lipinski definition) is 1. The predicted molar refractivity (Wildman–Crippen MR) is 102 cm³/mol. The molecule has 128 valence electrons. The summed E-state index contributed by atoms with van der Waals surface area (Å²) in [4.78, 5) is 0. The second kappa shape index (κ2) is 6.58. The third-order valence-corrected chi connectivity index (χ3v) is 5.20. The van der Waals surface area contributed by atoms with E-state index in [0.717, 1.165) is 16.6 Å². The van der Waals surface area contributed by atoms with E-state index in [2.05, 4.69) is 16.3 Å². The highest BCUT2D eigenvalue weighted by Gasteiger charge is 2.15. The van der Waals surface area contributed by atoms with Gasteiger partial charge >= 0.3 is 0 Å². The van der Waals surface area contributed by atoms with Crippen LogP contribution >= 0.6 is 11.8 Å². The lowest BCUT2D eigenvalue weighted by atomic mass is 10.1. The number of nitrogens with two attached hydrogens (primary N) is 1. The minimum absolute atomic E-state index is 0.591. The Labute approximate surface area is 154 Å². The van der Waals surface area contributed by atoms with Crippen LogP contribution < -0.4 is 5.84 Å². The molecule has 4 rings (SSSR count). The Hall–Kier alpha value is -3.24. The summed E-state index contributed by atoms with van der Waals surface area (Å²) >= 11 is 1.46. The third kappa shape index (κ3) is 2.80. The third-order valence-electron chi connectivity index (χ3n) is 4.21. The van der Waals surface area contributed by atoms with Crippen molar-refractivity contribution in [2.24, 2.45) is 0 Å². The van der Waals surface area contributed by atoms with Gasteiger partial charge in [0.25, 0.3) is 0 Å². The maximum absolute atomic E-state index is 9.50. The number of rotatable bonds is 4. The Bertz CT molecular complexity index is 1120. The molecule has 0 spiro atoms. The first-order valence-electron chi connectivity index (χ1n) is 8.06. The van der Waals surface area contributed by atoms with Crippen molar-refractivity contribution in [3.05, 3.63) is 71.5 Å². The summed E-state index contributed by atoms with van der Waals surface area (Å²) in [6.45, 7) is 2.03. The van der Waals surface area contributed by atoms with Gasteiger partial charge in [-0.15, -0.1) is 10.2 Å². The molecule has 6 nitrogen and oxygen atoms in total. The van der Waals surface area contributed by atoms with E-state index in [1.807, 2.05) is 66.2 Å². The van der Waals surface area contributed by atoms with Gasteiger partial charge in [-0.3, -0.25) is 0 Å². The number of nitrogens with zero attached hydrogens (tertiary/aromatic N) is 5. The number of nitriles is 1. The summed E-state index contributed by atoms with van der Waals surface area (Å²) in [6, 6.07) is 16.1. The number of fused-ring (bicyclic) bond motifs is 1. The van der Waals surface area contributed by atoms with Crippen LogP contribution in [0.1, 0.15) is 16.7 Å². The van der Waals surface area contributed by atoms with E-state index in [0.29, 0.717) is 22.3 Å². The van der Waals surface area contributed by atoms with Gasteiger partial charge in [0.05, 0.1) is 11.1 Å². The van der Waals surface area contributed by atoms with Crippen molar-refractivity contribution in [1.82, 2.24) is 19.3 Å². The Morgan fingerprint density at radius 1 is 1.15 bits per heavy atom. The van der Waals surface area contributed by atoms with Gasteiger partial charge in [0.2, 0.25) is 5.16 Å². The molecule has 0 saturated carbocycles. The van der Waals surface area contributed by atoms with Crippen LogP contribution in [0.25, 0.3) is 16.9 Å². The first-order chi connectivity index (χ1) is 12.7. The summed E-state index contributed by atoms with van der Waals surface area (Å²) < 4.78 is 3.45. The molecule has 3 heterocycles. The summed E-state index contributed by atoms with van der Waals surface area (Å²) in [6.07, 6.45) is 3.91. The normalized spacial score (nSPS) is 10.9. The maximum atomic E-state index is 9.50. The molecule has 2 N–H and O–H groups in total. The first kappa shape index (κ1) is 16.2. The van der Waals surface area contributed by atoms with Gasteiger partial charge in [-0.1, -0.05) is 47.7 Å². The van der Waals surface area contributed by atoms with E-state index in [1.165, 1.54) is 22.0 Å². The minimum Gasteiger partial charge on any atom is -0.335 e. The molecule has 0 amide bonds. The molecule has 3 aromatic heterocycles. The molecule has 0 aliphatic heterocycles. The highest BCUT2D eigenvalue weighted by atomic mass is 32.2. The molecule has 0 saturated heterocycles. The van der Waals surface area contributed by atoms with Crippen LogP contribution in [0.2, 0.25) is 0 Å². The van der Waals surface area contributed by atoms with Crippen molar-refractivity contribution < 1.29 is 0 Å². The van der Waals surface area contributed by atoms with Gasteiger partial charge < -0.3 is 10.2 Å². The Morgan fingerprint density at radius 3 is 2.73 bits per heavy atom. The molecule has 0 unspecified atom stereocenters. The van der Waals surface area contributed by atoms with E-state index in [-0.39, 0.29) is 0 Å². The summed E-state index contributed by atoms with van der Waals surface area (Å²) in [5.41, 5.74) is 4.63. The van der Waals surface area contributed by atoms with Crippen molar-refractivity contribution in [3.8, 4) is 17.5 Å². The van der Waals surface area contributed by atoms with Crippen LogP contribution in [-0.2, 0) is 5.75 Å². The largest absolute Gasteiger partial charge is 0.335 e. The summed E-state index contributed by atoms with van der Waals surface area (Å²) in [5.74, 6) is 7.40. The zero-order valence-corrected chi connectivity index (χ0v) is 14.9. The van der Waals surface area contributed by atoms with Crippen molar-refractivity contribution in [1.29, 1.82) is 5.26 Å². The van der Waals surface area contributed by atoms with Crippen LogP contribution in [0, 0.1) is 18.3 Å². The smallest absolute Gasteiger partial charge is 0.210 e. The number of pyridine rings is 1. The lowest BCUT2D eigenvalue weighted by Crippen LogP contribution is -2.11. The molecule has 0 fully saturated rings. The van der Waals surface area contributed by atoms with Crippen LogP contribution in [0.4, 0.5) is 0 Å². The lowest BCUT2D eigenvalue weighted by molar-refractivity contribution is 0.849. The molecule has 0 aliphatic carbocycles. The molecule has 4 aromatic rings. The van der Waals surface area contributed by atoms with Gasteiger partial charge in [0, 0.05) is 23.7 Å². The Kier molecular flexibility index (Phi) is 4.11.